The number of hydrogen-bond acceptors (Lipinski definition) is 5. The van der Waals surface area contributed by atoms with Gasteiger partial charge in [0.1, 0.15) is 17.5 Å². The predicted molar refractivity (Wildman–Crippen MR) is 65.0 cm³/mol. The summed E-state index contributed by atoms with van der Waals surface area (Å²) in [4.78, 5) is 10.9. The summed E-state index contributed by atoms with van der Waals surface area (Å²) in [5.74, 6) is 0.973. The van der Waals surface area contributed by atoms with Gasteiger partial charge in [-0.3, -0.25) is 0 Å². The molecule has 17 heavy (non-hydrogen) atoms. The third-order valence-corrected chi connectivity index (χ3v) is 3.50. The Morgan fingerprint density at radius 2 is 2.24 bits per heavy atom. The molecule has 2 aromatic rings. The topological polar surface area (TPSA) is 55.1 Å². The SMILES string of the molecule is Cc1noc2ncnc(N3CCCC[C@H]3C)c12. The minimum atomic E-state index is 0.524. The van der Waals surface area contributed by atoms with Gasteiger partial charge in [0, 0.05) is 12.6 Å². The van der Waals surface area contributed by atoms with Crippen molar-refractivity contribution >= 4 is 16.9 Å². The molecule has 0 saturated carbocycles. The number of hydrogen-bond donors (Lipinski definition) is 0. The largest absolute Gasteiger partial charge is 0.353 e. The van der Waals surface area contributed by atoms with Crippen LogP contribution in [0.25, 0.3) is 11.1 Å². The molecular formula is C12H16N4O. The molecule has 90 valence electrons. The number of aromatic nitrogens is 3. The van der Waals surface area contributed by atoms with Gasteiger partial charge in [-0.1, -0.05) is 5.16 Å². The molecule has 5 heteroatoms. The molecule has 2 aromatic heterocycles. The van der Waals surface area contributed by atoms with Crippen LogP contribution in [0.5, 0.6) is 0 Å². The molecule has 0 bridgehead atoms. The Kier molecular flexibility index (Phi) is 2.46. The van der Waals surface area contributed by atoms with E-state index in [4.69, 9.17) is 4.52 Å². The second-order valence-corrected chi connectivity index (χ2v) is 4.68. The number of nitrogens with zero attached hydrogens (tertiary/aromatic N) is 4. The van der Waals surface area contributed by atoms with E-state index in [0.717, 1.165) is 23.4 Å². The maximum absolute atomic E-state index is 5.19. The number of fused-ring (bicyclic) bond motifs is 1. The fourth-order valence-electron chi connectivity index (χ4n) is 2.53. The lowest BCUT2D eigenvalue weighted by Crippen LogP contribution is -2.38. The molecule has 1 aliphatic heterocycles. The molecule has 0 amide bonds. The number of piperidine rings is 1. The van der Waals surface area contributed by atoms with Crippen LogP contribution >= 0.6 is 0 Å². The van der Waals surface area contributed by atoms with Crippen molar-refractivity contribution in [2.75, 3.05) is 11.4 Å². The maximum Gasteiger partial charge on any atom is 0.263 e. The number of anilines is 1. The molecule has 3 heterocycles. The van der Waals surface area contributed by atoms with E-state index in [1.165, 1.54) is 19.3 Å². The molecule has 3 rings (SSSR count). The van der Waals surface area contributed by atoms with Gasteiger partial charge in [-0.15, -0.1) is 0 Å². The molecular weight excluding hydrogens is 216 g/mol. The van der Waals surface area contributed by atoms with E-state index in [0.29, 0.717) is 11.8 Å². The van der Waals surface area contributed by atoms with Gasteiger partial charge in [-0.25, -0.2) is 4.98 Å². The smallest absolute Gasteiger partial charge is 0.263 e. The Labute approximate surface area is 99.8 Å². The first kappa shape index (κ1) is 10.5. The highest BCUT2D eigenvalue weighted by atomic mass is 16.5. The molecule has 0 unspecified atom stereocenters. The zero-order valence-corrected chi connectivity index (χ0v) is 10.2. The second-order valence-electron chi connectivity index (χ2n) is 4.68. The summed E-state index contributed by atoms with van der Waals surface area (Å²) < 4.78 is 5.19. The zero-order chi connectivity index (χ0) is 11.8. The van der Waals surface area contributed by atoms with Gasteiger partial charge in [0.05, 0.1) is 5.69 Å². The first-order valence-corrected chi connectivity index (χ1v) is 6.11. The van der Waals surface area contributed by atoms with Crippen LogP contribution in [0.15, 0.2) is 10.9 Å². The van der Waals surface area contributed by atoms with Crippen LogP contribution in [0.1, 0.15) is 31.9 Å². The standard InChI is InChI=1S/C12H16N4O/c1-8-5-3-4-6-16(8)11-10-9(2)15-17-12(10)14-7-13-11/h7-8H,3-6H2,1-2H3/t8-/m1/s1. The summed E-state index contributed by atoms with van der Waals surface area (Å²) in [7, 11) is 0. The average Bonchev–Trinajstić information content (AvgIpc) is 2.72. The van der Waals surface area contributed by atoms with Gasteiger partial charge in [0.15, 0.2) is 0 Å². The van der Waals surface area contributed by atoms with Crippen molar-refractivity contribution in [1.82, 2.24) is 15.1 Å². The van der Waals surface area contributed by atoms with Crippen molar-refractivity contribution in [3.63, 3.8) is 0 Å². The summed E-state index contributed by atoms with van der Waals surface area (Å²) in [5.41, 5.74) is 1.46. The zero-order valence-electron chi connectivity index (χ0n) is 10.2. The lowest BCUT2D eigenvalue weighted by molar-refractivity contribution is 0.442. The van der Waals surface area contributed by atoms with E-state index < -0.39 is 0 Å². The fraction of sp³-hybridized carbons (Fsp3) is 0.583. The summed E-state index contributed by atoms with van der Waals surface area (Å²) in [5, 5.41) is 4.93. The fourth-order valence-corrected chi connectivity index (χ4v) is 2.53. The highest BCUT2D eigenvalue weighted by molar-refractivity contribution is 5.88. The summed E-state index contributed by atoms with van der Waals surface area (Å²) in [6, 6.07) is 0.524. The summed E-state index contributed by atoms with van der Waals surface area (Å²) in [6.45, 7) is 5.24. The van der Waals surface area contributed by atoms with E-state index in [1.54, 1.807) is 6.33 Å². The third-order valence-electron chi connectivity index (χ3n) is 3.50. The molecule has 1 fully saturated rings. The van der Waals surface area contributed by atoms with E-state index in [9.17, 15) is 0 Å². The van der Waals surface area contributed by atoms with Gasteiger partial charge < -0.3 is 9.42 Å². The number of aryl methyl sites for hydroxylation is 1. The molecule has 1 aliphatic rings. The maximum atomic E-state index is 5.19. The van der Waals surface area contributed by atoms with Crippen LogP contribution in [0.4, 0.5) is 5.82 Å². The molecule has 0 radical (unpaired) electrons. The lowest BCUT2D eigenvalue weighted by atomic mass is 10.0. The predicted octanol–water partition coefficient (Wildman–Crippen LogP) is 2.31. The van der Waals surface area contributed by atoms with Gasteiger partial charge in [-0.2, -0.15) is 4.98 Å². The van der Waals surface area contributed by atoms with E-state index in [2.05, 4.69) is 26.9 Å². The summed E-state index contributed by atoms with van der Waals surface area (Å²) in [6.07, 6.45) is 5.30. The van der Waals surface area contributed by atoms with Crippen LogP contribution in [0.2, 0.25) is 0 Å². The third kappa shape index (κ3) is 1.66. The second kappa shape index (κ2) is 3.98. The van der Waals surface area contributed by atoms with E-state index in [-0.39, 0.29) is 0 Å². The minimum Gasteiger partial charge on any atom is -0.353 e. The van der Waals surface area contributed by atoms with Crippen LogP contribution < -0.4 is 4.90 Å². The Hall–Kier alpha value is -1.65. The van der Waals surface area contributed by atoms with Gasteiger partial charge in [0.25, 0.3) is 5.71 Å². The van der Waals surface area contributed by atoms with Crippen LogP contribution in [0, 0.1) is 6.92 Å². The molecule has 0 N–H and O–H groups in total. The average molecular weight is 232 g/mol. The van der Waals surface area contributed by atoms with Crippen LogP contribution in [0.3, 0.4) is 0 Å². The molecule has 5 nitrogen and oxygen atoms in total. The van der Waals surface area contributed by atoms with Crippen LogP contribution in [-0.2, 0) is 0 Å². The van der Waals surface area contributed by atoms with Crippen molar-refractivity contribution < 1.29 is 4.52 Å². The summed E-state index contributed by atoms with van der Waals surface area (Å²) >= 11 is 0. The Bertz CT molecular complexity index is 536. The van der Waals surface area contributed by atoms with E-state index in [1.807, 2.05) is 6.92 Å². The van der Waals surface area contributed by atoms with Crippen LogP contribution in [-0.4, -0.2) is 27.7 Å². The van der Waals surface area contributed by atoms with Crippen molar-refractivity contribution in [3.8, 4) is 0 Å². The molecule has 0 aromatic carbocycles. The Morgan fingerprint density at radius 1 is 1.35 bits per heavy atom. The van der Waals surface area contributed by atoms with Crippen molar-refractivity contribution in [3.05, 3.63) is 12.0 Å². The van der Waals surface area contributed by atoms with Crippen molar-refractivity contribution in [1.29, 1.82) is 0 Å². The first-order valence-electron chi connectivity index (χ1n) is 6.11. The molecule has 0 aliphatic carbocycles. The highest BCUT2D eigenvalue weighted by Crippen LogP contribution is 2.30. The van der Waals surface area contributed by atoms with Crippen molar-refractivity contribution in [2.45, 2.75) is 39.2 Å². The Balaban J connectivity index is 2.12. The van der Waals surface area contributed by atoms with Crippen molar-refractivity contribution in [2.24, 2.45) is 0 Å². The quantitative estimate of drug-likeness (QED) is 0.755. The number of rotatable bonds is 1. The van der Waals surface area contributed by atoms with Gasteiger partial charge in [-0.05, 0) is 33.1 Å². The lowest BCUT2D eigenvalue weighted by Gasteiger charge is -2.34. The van der Waals surface area contributed by atoms with E-state index >= 15 is 0 Å². The van der Waals surface area contributed by atoms with Gasteiger partial charge in [0.2, 0.25) is 0 Å². The Morgan fingerprint density at radius 3 is 3.06 bits per heavy atom. The molecule has 1 atom stereocenters. The first-order chi connectivity index (χ1) is 8.27. The highest BCUT2D eigenvalue weighted by Gasteiger charge is 2.23. The normalized spacial score (nSPS) is 21.1. The molecule has 0 spiro atoms. The monoisotopic (exact) mass is 232 g/mol. The van der Waals surface area contributed by atoms with Gasteiger partial charge >= 0.3 is 0 Å². The molecule has 1 saturated heterocycles. The minimum absolute atomic E-state index is 0.524.